The average Bonchev–Trinajstić information content (AvgIpc) is 2.27. The molecule has 96 valence electrons. The Morgan fingerprint density at radius 2 is 2.12 bits per heavy atom. The van der Waals surface area contributed by atoms with Crippen LogP contribution < -0.4 is 11.1 Å². The Labute approximate surface area is 98.9 Å². The van der Waals surface area contributed by atoms with Gasteiger partial charge in [-0.25, -0.2) is 4.79 Å². The second-order valence-electron chi connectivity index (χ2n) is 4.19. The van der Waals surface area contributed by atoms with Crippen LogP contribution in [0, 0.1) is 5.92 Å². The molecule has 0 radical (unpaired) electrons. The summed E-state index contributed by atoms with van der Waals surface area (Å²) in [4.78, 5) is 34.8. The van der Waals surface area contributed by atoms with E-state index in [1.54, 1.807) is 0 Å². The number of amides is 3. The summed E-state index contributed by atoms with van der Waals surface area (Å²) >= 11 is 0. The molecule has 17 heavy (non-hydrogen) atoms. The van der Waals surface area contributed by atoms with Gasteiger partial charge < -0.3 is 21.1 Å². The molecule has 0 bridgehead atoms. The summed E-state index contributed by atoms with van der Waals surface area (Å²) in [7, 11) is 0. The Kier molecular flexibility index (Phi) is 4.30. The van der Waals surface area contributed by atoms with E-state index < -0.39 is 24.0 Å². The number of carboxylic acids is 1. The van der Waals surface area contributed by atoms with Gasteiger partial charge in [-0.15, -0.1) is 0 Å². The first-order valence-electron chi connectivity index (χ1n) is 5.49. The van der Waals surface area contributed by atoms with Gasteiger partial charge in [0.15, 0.2) is 0 Å². The molecule has 1 saturated heterocycles. The van der Waals surface area contributed by atoms with Gasteiger partial charge in [0.2, 0.25) is 5.91 Å². The van der Waals surface area contributed by atoms with E-state index in [4.69, 9.17) is 10.8 Å². The number of aliphatic carboxylic acids is 1. The molecule has 0 aromatic carbocycles. The summed E-state index contributed by atoms with van der Waals surface area (Å²) in [6, 6.07) is -1.49. The highest BCUT2D eigenvalue weighted by Crippen LogP contribution is 2.17. The van der Waals surface area contributed by atoms with Gasteiger partial charge in [-0.2, -0.15) is 0 Å². The molecule has 2 atom stereocenters. The number of rotatable bonds is 3. The highest BCUT2D eigenvalue weighted by molar-refractivity contribution is 5.86. The lowest BCUT2D eigenvalue weighted by Gasteiger charge is -2.32. The van der Waals surface area contributed by atoms with Crippen molar-refractivity contribution >= 4 is 17.9 Å². The number of nitrogens with one attached hydrogen (secondary N) is 1. The molecule has 1 aliphatic heterocycles. The molecule has 0 aliphatic carbocycles. The minimum absolute atomic E-state index is 0.193. The first kappa shape index (κ1) is 13.3. The topological polar surface area (TPSA) is 113 Å². The van der Waals surface area contributed by atoms with Crippen molar-refractivity contribution in [2.24, 2.45) is 11.7 Å². The molecular weight excluding hydrogens is 226 g/mol. The second-order valence-corrected chi connectivity index (χ2v) is 4.19. The zero-order valence-electron chi connectivity index (χ0n) is 9.68. The number of primary amides is 1. The van der Waals surface area contributed by atoms with Crippen LogP contribution in [0.2, 0.25) is 0 Å². The van der Waals surface area contributed by atoms with Crippen molar-refractivity contribution in [3.8, 4) is 0 Å². The molecular formula is C10H17N3O4. The maximum Gasteiger partial charge on any atom is 0.312 e. The molecule has 4 N–H and O–H groups in total. The fourth-order valence-electron chi connectivity index (χ4n) is 1.93. The number of carbonyl (C=O) groups excluding carboxylic acids is 2. The van der Waals surface area contributed by atoms with Crippen molar-refractivity contribution in [3.63, 3.8) is 0 Å². The van der Waals surface area contributed by atoms with Gasteiger partial charge in [0, 0.05) is 13.1 Å². The van der Waals surface area contributed by atoms with Crippen LogP contribution in [0.3, 0.4) is 0 Å². The number of nitrogens with zero attached hydrogens (tertiary/aromatic N) is 1. The molecule has 1 heterocycles. The minimum Gasteiger partial charge on any atom is -0.481 e. The normalized spacial score (nSPS) is 21.7. The van der Waals surface area contributed by atoms with Gasteiger partial charge in [0.25, 0.3) is 0 Å². The zero-order chi connectivity index (χ0) is 13.0. The summed E-state index contributed by atoms with van der Waals surface area (Å²) in [6.07, 6.45) is 1.24. The number of piperidine rings is 1. The second kappa shape index (κ2) is 5.51. The van der Waals surface area contributed by atoms with E-state index >= 15 is 0 Å². The Morgan fingerprint density at radius 1 is 1.47 bits per heavy atom. The molecule has 2 unspecified atom stereocenters. The molecule has 1 aliphatic rings. The summed E-state index contributed by atoms with van der Waals surface area (Å²) in [5.74, 6) is -1.71. The number of carbonyl (C=O) groups is 3. The van der Waals surface area contributed by atoms with Crippen LogP contribution in [0.15, 0.2) is 0 Å². The number of urea groups is 1. The summed E-state index contributed by atoms with van der Waals surface area (Å²) in [6.45, 7) is 2.24. The number of nitrogens with two attached hydrogens (primary N) is 1. The van der Waals surface area contributed by atoms with Crippen LogP contribution in [0.4, 0.5) is 4.79 Å². The molecule has 7 heteroatoms. The van der Waals surface area contributed by atoms with E-state index in [0.29, 0.717) is 19.4 Å². The summed E-state index contributed by atoms with van der Waals surface area (Å²) in [5, 5.41) is 11.2. The molecule has 0 aromatic rings. The van der Waals surface area contributed by atoms with Crippen molar-refractivity contribution in [3.05, 3.63) is 0 Å². The molecule has 0 spiro atoms. The minimum atomic E-state index is -0.891. The monoisotopic (exact) mass is 243 g/mol. The summed E-state index contributed by atoms with van der Waals surface area (Å²) in [5.41, 5.74) is 4.92. The molecule has 1 fully saturated rings. The van der Waals surface area contributed by atoms with Crippen LogP contribution in [-0.2, 0) is 9.59 Å². The fourth-order valence-corrected chi connectivity index (χ4v) is 1.93. The van der Waals surface area contributed by atoms with Crippen LogP contribution in [0.25, 0.3) is 0 Å². The first-order valence-corrected chi connectivity index (χ1v) is 5.49. The van der Waals surface area contributed by atoms with E-state index in [-0.39, 0.29) is 12.5 Å². The lowest BCUT2D eigenvalue weighted by atomic mass is 9.98. The number of carboxylic acid groups (broad SMARTS) is 1. The third kappa shape index (κ3) is 3.61. The smallest absolute Gasteiger partial charge is 0.312 e. The Balaban J connectivity index is 2.57. The third-order valence-corrected chi connectivity index (χ3v) is 2.81. The van der Waals surface area contributed by atoms with E-state index in [2.05, 4.69) is 5.32 Å². The largest absolute Gasteiger partial charge is 0.481 e. The molecule has 3 amide bonds. The van der Waals surface area contributed by atoms with Crippen molar-refractivity contribution in [1.82, 2.24) is 10.2 Å². The van der Waals surface area contributed by atoms with E-state index in [1.807, 2.05) is 0 Å². The summed E-state index contributed by atoms with van der Waals surface area (Å²) < 4.78 is 0. The third-order valence-electron chi connectivity index (χ3n) is 2.81. The van der Waals surface area contributed by atoms with Crippen LogP contribution in [0.1, 0.15) is 19.8 Å². The van der Waals surface area contributed by atoms with Gasteiger partial charge in [-0.05, 0) is 19.8 Å². The van der Waals surface area contributed by atoms with Crippen LogP contribution >= 0.6 is 0 Å². The lowest BCUT2D eigenvalue weighted by Crippen LogP contribution is -2.51. The van der Waals surface area contributed by atoms with Crippen molar-refractivity contribution < 1.29 is 19.5 Å². The van der Waals surface area contributed by atoms with Gasteiger partial charge in [0.1, 0.15) is 6.04 Å². The highest BCUT2D eigenvalue weighted by atomic mass is 16.4. The van der Waals surface area contributed by atoms with E-state index in [1.165, 1.54) is 11.8 Å². The molecule has 0 saturated carbocycles. The van der Waals surface area contributed by atoms with Crippen molar-refractivity contribution in [2.45, 2.75) is 25.8 Å². The fraction of sp³-hybridized carbons (Fsp3) is 0.700. The maximum absolute atomic E-state index is 11.9. The van der Waals surface area contributed by atoms with Crippen molar-refractivity contribution in [1.29, 1.82) is 0 Å². The Morgan fingerprint density at radius 3 is 2.65 bits per heavy atom. The highest BCUT2D eigenvalue weighted by Gasteiger charge is 2.30. The van der Waals surface area contributed by atoms with Gasteiger partial charge in [0.05, 0.1) is 5.92 Å². The Hall–Kier alpha value is -1.79. The number of likely N-dealkylation sites (tertiary alicyclic amines) is 1. The van der Waals surface area contributed by atoms with Crippen molar-refractivity contribution in [2.75, 3.05) is 13.1 Å². The first-order chi connectivity index (χ1) is 7.91. The van der Waals surface area contributed by atoms with Crippen LogP contribution in [0.5, 0.6) is 0 Å². The zero-order valence-corrected chi connectivity index (χ0v) is 9.68. The predicted octanol–water partition coefficient (Wildman–Crippen LogP) is -0.634. The standard InChI is InChI=1S/C10H17N3O4/c1-6(12-10(11)17)8(14)13-4-2-3-7(5-13)9(15)16/h6-7H,2-5H2,1H3,(H,15,16)(H3,11,12,17). The number of hydrogen-bond acceptors (Lipinski definition) is 3. The molecule has 0 aromatic heterocycles. The van der Waals surface area contributed by atoms with E-state index in [0.717, 1.165) is 0 Å². The van der Waals surface area contributed by atoms with Gasteiger partial charge >= 0.3 is 12.0 Å². The Bertz CT molecular complexity index is 332. The molecule has 7 nitrogen and oxygen atoms in total. The maximum atomic E-state index is 11.9. The van der Waals surface area contributed by atoms with Gasteiger partial charge in [-0.1, -0.05) is 0 Å². The SMILES string of the molecule is CC(NC(N)=O)C(=O)N1CCCC(C(=O)O)C1. The van der Waals surface area contributed by atoms with Gasteiger partial charge in [-0.3, -0.25) is 9.59 Å². The number of hydrogen-bond donors (Lipinski definition) is 3. The van der Waals surface area contributed by atoms with E-state index in [9.17, 15) is 14.4 Å². The van der Waals surface area contributed by atoms with Crippen LogP contribution in [-0.4, -0.2) is 47.0 Å². The average molecular weight is 243 g/mol. The predicted molar refractivity (Wildman–Crippen MR) is 59.1 cm³/mol. The lowest BCUT2D eigenvalue weighted by molar-refractivity contribution is -0.146. The molecule has 1 rings (SSSR count). The quantitative estimate of drug-likeness (QED) is 0.612.